The Hall–Kier alpha value is -2.43. The number of nitrogens with one attached hydrogen (secondary N) is 1. The van der Waals surface area contributed by atoms with Gasteiger partial charge in [0, 0.05) is 18.4 Å². The number of hydrogen-bond donors (Lipinski definition) is 1. The molecule has 1 aliphatic heterocycles. The summed E-state index contributed by atoms with van der Waals surface area (Å²) >= 11 is 0. The zero-order valence-corrected chi connectivity index (χ0v) is 11.1. The van der Waals surface area contributed by atoms with Crippen molar-refractivity contribution in [3.8, 4) is 0 Å². The van der Waals surface area contributed by atoms with Gasteiger partial charge in [-0.2, -0.15) is 0 Å². The van der Waals surface area contributed by atoms with E-state index in [1.165, 1.54) is 0 Å². The number of carbonyl (C=O) groups excluding carboxylic acids is 1. The van der Waals surface area contributed by atoms with Crippen LogP contribution in [0.25, 0.3) is 0 Å². The van der Waals surface area contributed by atoms with E-state index in [1.54, 1.807) is 12.4 Å². The average Bonchev–Trinajstić information content (AvgIpc) is 3.27. The van der Waals surface area contributed by atoms with Gasteiger partial charge < -0.3 is 10.2 Å². The highest BCUT2D eigenvalue weighted by Gasteiger charge is 2.37. The number of fused-ring (bicyclic) bond motifs is 2. The third-order valence-corrected chi connectivity index (χ3v) is 3.77. The van der Waals surface area contributed by atoms with E-state index < -0.39 is 0 Å². The summed E-state index contributed by atoms with van der Waals surface area (Å²) in [6.07, 6.45) is 5.65. The summed E-state index contributed by atoms with van der Waals surface area (Å²) in [6, 6.07) is 6.24. The summed E-state index contributed by atoms with van der Waals surface area (Å²) in [4.78, 5) is 23.1. The smallest absolute Gasteiger partial charge is 0.277 e. The SMILES string of the molecule is Cc1ccnc2c1N(C1CC1)c1cccnc1C(=O)N2. The molecule has 2 aromatic rings. The number of carbonyl (C=O) groups is 1. The van der Waals surface area contributed by atoms with E-state index in [1.807, 2.05) is 25.1 Å². The molecule has 1 fully saturated rings. The predicted octanol–water partition coefficient (Wildman–Crippen LogP) is 2.65. The second-order valence-corrected chi connectivity index (χ2v) is 5.25. The molecule has 4 rings (SSSR count). The fourth-order valence-electron chi connectivity index (χ4n) is 2.71. The van der Waals surface area contributed by atoms with E-state index in [0.717, 1.165) is 29.8 Å². The first-order valence-corrected chi connectivity index (χ1v) is 6.77. The van der Waals surface area contributed by atoms with Gasteiger partial charge in [-0.25, -0.2) is 9.97 Å². The number of anilines is 3. The first-order chi connectivity index (χ1) is 9.75. The summed E-state index contributed by atoms with van der Waals surface area (Å²) in [5.74, 6) is 0.433. The van der Waals surface area contributed by atoms with Crippen molar-refractivity contribution in [3.63, 3.8) is 0 Å². The summed E-state index contributed by atoms with van der Waals surface area (Å²) in [5, 5.41) is 2.88. The predicted molar refractivity (Wildman–Crippen MR) is 76.3 cm³/mol. The number of pyridine rings is 2. The van der Waals surface area contributed by atoms with E-state index in [4.69, 9.17) is 0 Å². The highest BCUT2D eigenvalue weighted by molar-refractivity contribution is 6.10. The fourth-order valence-corrected chi connectivity index (χ4v) is 2.71. The fraction of sp³-hybridized carbons (Fsp3) is 0.267. The average molecular weight is 266 g/mol. The number of hydrogen-bond acceptors (Lipinski definition) is 4. The Morgan fingerprint density at radius 1 is 1.25 bits per heavy atom. The normalized spacial score (nSPS) is 17.1. The van der Waals surface area contributed by atoms with Crippen LogP contribution in [-0.4, -0.2) is 21.9 Å². The Morgan fingerprint density at radius 3 is 2.90 bits per heavy atom. The van der Waals surface area contributed by atoms with E-state index in [9.17, 15) is 4.79 Å². The third kappa shape index (κ3) is 1.59. The lowest BCUT2D eigenvalue weighted by Crippen LogP contribution is -2.21. The second kappa shape index (κ2) is 4.03. The molecule has 0 aromatic carbocycles. The molecular formula is C15H14N4O. The molecule has 5 nitrogen and oxygen atoms in total. The van der Waals surface area contributed by atoms with Crippen molar-refractivity contribution in [1.29, 1.82) is 0 Å². The van der Waals surface area contributed by atoms with Gasteiger partial charge in [-0.3, -0.25) is 4.79 Å². The van der Waals surface area contributed by atoms with Crippen LogP contribution in [0, 0.1) is 6.92 Å². The molecular weight excluding hydrogens is 252 g/mol. The molecule has 1 aliphatic carbocycles. The standard InChI is InChI=1S/C15H14N4O/c1-9-6-8-17-14-13(9)19(10-4-5-10)11-3-2-7-16-12(11)15(20)18-14/h2-3,6-8,10H,4-5H2,1H3,(H,17,18,20). The summed E-state index contributed by atoms with van der Waals surface area (Å²) in [6.45, 7) is 2.05. The molecule has 0 unspecified atom stereocenters. The first-order valence-electron chi connectivity index (χ1n) is 6.77. The minimum absolute atomic E-state index is 0.192. The zero-order valence-electron chi connectivity index (χ0n) is 11.1. The Balaban J connectivity index is 2.02. The molecule has 1 amide bonds. The molecule has 0 bridgehead atoms. The maximum Gasteiger partial charge on any atom is 0.277 e. The molecule has 0 saturated heterocycles. The van der Waals surface area contributed by atoms with Gasteiger partial charge in [-0.05, 0) is 43.5 Å². The molecule has 1 N–H and O–H groups in total. The lowest BCUT2D eigenvalue weighted by atomic mass is 10.2. The summed E-state index contributed by atoms with van der Waals surface area (Å²) in [7, 11) is 0. The molecule has 0 spiro atoms. The maximum atomic E-state index is 12.3. The Morgan fingerprint density at radius 2 is 2.10 bits per heavy atom. The third-order valence-electron chi connectivity index (χ3n) is 3.77. The van der Waals surface area contributed by atoms with E-state index in [2.05, 4.69) is 20.2 Å². The van der Waals surface area contributed by atoms with Gasteiger partial charge in [0.15, 0.2) is 11.5 Å². The van der Waals surface area contributed by atoms with Crippen LogP contribution in [0.3, 0.4) is 0 Å². The largest absolute Gasteiger partial charge is 0.333 e. The Bertz CT molecular complexity index is 709. The van der Waals surface area contributed by atoms with Gasteiger partial charge in [-0.15, -0.1) is 0 Å². The van der Waals surface area contributed by atoms with Crippen molar-refractivity contribution >= 4 is 23.1 Å². The second-order valence-electron chi connectivity index (χ2n) is 5.25. The van der Waals surface area contributed by atoms with E-state index in [-0.39, 0.29) is 5.91 Å². The van der Waals surface area contributed by atoms with Crippen LogP contribution in [0.5, 0.6) is 0 Å². The Kier molecular flexibility index (Phi) is 2.30. The van der Waals surface area contributed by atoms with E-state index in [0.29, 0.717) is 17.6 Å². The molecule has 0 radical (unpaired) electrons. The monoisotopic (exact) mass is 266 g/mol. The van der Waals surface area contributed by atoms with Gasteiger partial charge in [0.05, 0.1) is 11.4 Å². The first kappa shape index (κ1) is 11.4. The van der Waals surface area contributed by atoms with Crippen LogP contribution in [-0.2, 0) is 0 Å². The molecule has 2 aliphatic rings. The lowest BCUT2D eigenvalue weighted by Gasteiger charge is -2.26. The van der Waals surface area contributed by atoms with Gasteiger partial charge in [0.2, 0.25) is 0 Å². The molecule has 20 heavy (non-hydrogen) atoms. The van der Waals surface area contributed by atoms with Crippen molar-refractivity contribution in [3.05, 3.63) is 41.9 Å². The number of aromatic nitrogens is 2. The minimum atomic E-state index is -0.192. The molecule has 1 saturated carbocycles. The lowest BCUT2D eigenvalue weighted by molar-refractivity contribution is 0.102. The topological polar surface area (TPSA) is 58.1 Å². The summed E-state index contributed by atoms with van der Waals surface area (Å²) < 4.78 is 0. The van der Waals surface area contributed by atoms with Gasteiger partial charge in [0.1, 0.15) is 0 Å². The van der Waals surface area contributed by atoms with Crippen LogP contribution < -0.4 is 10.2 Å². The van der Waals surface area contributed by atoms with Crippen molar-refractivity contribution in [2.24, 2.45) is 0 Å². The van der Waals surface area contributed by atoms with Crippen molar-refractivity contribution in [2.75, 3.05) is 10.2 Å². The number of rotatable bonds is 1. The van der Waals surface area contributed by atoms with Gasteiger partial charge >= 0.3 is 0 Å². The van der Waals surface area contributed by atoms with Crippen LogP contribution >= 0.6 is 0 Å². The number of nitrogens with zero attached hydrogens (tertiary/aromatic N) is 3. The van der Waals surface area contributed by atoms with Crippen LogP contribution in [0.1, 0.15) is 28.9 Å². The number of amides is 1. The van der Waals surface area contributed by atoms with E-state index >= 15 is 0 Å². The van der Waals surface area contributed by atoms with Crippen molar-refractivity contribution in [1.82, 2.24) is 9.97 Å². The highest BCUT2D eigenvalue weighted by Crippen LogP contribution is 2.44. The molecule has 100 valence electrons. The maximum absolute atomic E-state index is 12.3. The summed E-state index contributed by atoms with van der Waals surface area (Å²) in [5.41, 5.74) is 3.45. The quantitative estimate of drug-likeness (QED) is 0.862. The highest BCUT2D eigenvalue weighted by atomic mass is 16.2. The molecule has 5 heteroatoms. The van der Waals surface area contributed by atoms with Crippen LogP contribution in [0.2, 0.25) is 0 Å². The minimum Gasteiger partial charge on any atom is -0.333 e. The van der Waals surface area contributed by atoms with Crippen molar-refractivity contribution in [2.45, 2.75) is 25.8 Å². The van der Waals surface area contributed by atoms with Crippen molar-refractivity contribution < 1.29 is 4.79 Å². The van der Waals surface area contributed by atoms with Gasteiger partial charge in [-0.1, -0.05) is 0 Å². The number of aryl methyl sites for hydroxylation is 1. The molecule has 2 aromatic heterocycles. The molecule has 3 heterocycles. The Labute approximate surface area is 116 Å². The zero-order chi connectivity index (χ0) is 13.7. The molecule has 0 atom stereocenters. The van der Waals surface area contributed by atoms with Crippen LogP contribution in [0.4, 0.5) is 17.2 Å². The van der Waals surface area contributed by atoms with Gasteiger partial charge in [0.25, 0.3) is 5.91 Å². The van der Waals surface area contributed by atoms with Crippen LogP contribution in [0.15, 0.2) is 30.6 Å².